The van der Waals surface area contributed by atoms with E-state index in [1.807, 2.05) is 23.1 Å². The van der Waals surface area contributed by atoms with E-state index in [0.717, 1.165) is 31.6 Å². The Balaban J connectivity index is 1.48. The van der Waals surface area contributed by atoms with Crippen molar-refractivity contribution in [3.05, 3.63) is 28.7 Å². The minimum atomic E-state index is -0.440. The Morgan fingerprint density at radius 1 is 1.23 bits per heavy atom. The van der Waals surface area contributed by atoms with Gasteiger partial charge in [0, 0.05) is 32.2 Å². The van der Waals surface area contributed by atoms with Crippen molar-refractivity contribution < 1.29 is 9.21 Å². The van der Waals surface area contributed by atoms with E-state index < -0.39 is 5.76 Å². The monoisotopic (exact) mass is 302 g/mol. The van der Waals surface area contributed by atoms with Gasteiger partial charge in [0.05, 0.1) is 11.2 Å². The van der Waals surface area contributed by atoms with Crippen molar-refractivity contribution in [2.24, 2.45) is 0 Å². The highest BCUT2D eigenvalue weighted by Crippen LogP contribution is 2.26. The highest BCUT2D eigenvalue weighted by atomic mass is 16.4. The number of benzene rings is 1. The number of H-pyrrole nitrogens is 1. The van der Waals surface area contributed by atoms with Gasteiger partial charge in [-0.1, -0.05) is 6.07 Å². The van der Waals surface area contributed by atoms with Crippen molar-refractivity contribution in [2.75, 3.05) is 31.1 Å². The predicted octanol–water partition coefficient (Wildman–Crippen LogP) is 1.12. The zero-order valence-electron chi connectivity index (χ0n) is 12.2. The lowest BCUT2D eigenvalue weighted by Gasteiger charge is -2.35. The Hall–Kier alpha value is -2.44. The quantitative estimate of drug-likeness (QED) is 0.871. The molecule has 1 aromatic carbocycles. The Kier molecular flexibility index (Phi) is 3.06. The van der Waals surface area contributed by atoms with Crippen molar-refractivity contribution in [1.82, 2.24) is 15.2 Å². The van der Waals surface area contributed by atoms with E-state index in [4.69, 9.17) is 4.42 Å². The van der Waals surface area contributed by atoms with Crippen molar-refractivity contribution >= 4 is 22.8 Å². The first kappa shape index (κ1) is 13.2. The zero-order valence-corrected chi connectivity index (χ0v) is 12.2. The van der Waals surface area contributed by atoms with Gasteiger partial charge in [-0.2, -0.15) is 0 Å². The Labute approximate surface area is 126 Å². The average Bonchev–Trinajstić information content (AvgIpc) is 3.25. The van der Waals surface area contributed by atoms with Crippen molar-refractivity contribution in [1.29, 1.82) is 0 Å². The molecule has 2 aliphatic rings. The third kappa shape index (κ3) is 2.43. The smallest absolute Gasteiger partial charge is 0.406 e. The molecule has 2 aromatic rings. The number of para-hydroxylation sites is 1. The molecule has 7 heteroatoms. The van der Waals surface area contributed by atoms with Crippen LogP contribution in [0.15, 0.2) is 27.4 Å². The summed E-state index contributed by atoms with van der Waals surface area (Å²) in [6.45, 7) is 2.80. The van der Waals surface area contributed by atoms with Crippen LogP contribution in [0, 0.1) is 0 Å². The number of carbonyl (C=O) groups excluding carboxylic acids is 1. The summed E-state index contributed by atoms with van der Waals surface area (Å²) in [5.41, 5.74) is 2.19. The molecule has 2 N–H and O–H groups in total. The number of rotatable bonds is 2. The number of nitrogens with zero attached hydrogens (tertiary/aromatic N) is 2. The van der Waals surface area contributed by atoms with Crippen LogP contribution in [0.2, 0.25) is 0 Å². The number of anilines is 1. The average molecular weight is 302 g/mol. The molecule has 7 nitrogen and oxygen atoms in total. The molecule has 1 aliphatic heterocycles. The maximum Gasteiger partial charge on any atom is 0.417 e. The van der Waals surface area contributed by atoms with E-state index in [1.165, 1.54) is 0 Å². The topological polar surface area (TPSA) is 81.6 Å². The molecule has 1 saturated heterocycles. The molecule has 0 bridgehead atoms. The Morgan fingerprint density at radius 3 is 2.73 bits per heavy atom. The SMILES string of the molecule is O=C(NC1CC1)N1CCN(c2cccc3[nH]c(=O)oc23)CC1. The number of aromatic amines is 1. The molecule has 116 valence electrons. The van der Waals surface area contributed by atoms with Gasteiger partial charge in [-0.05, 0) is 25.0 Å². The van der Waals surface area contributed by atoms with Crippen molar-refractivity contribution in [3.8, 4) is 0 Å². The molecule has 0 unspecified atom stereocenters. The third-order valence-electron chi connectivity index (χ3n) is 4.24. The lowest BCUT2D eigenvalue weighted by atomic mass is 10.2. The molecule has 1 aliphatic carbocycles. The molecule has 1 aromatic heterocycles. The summed E-state index contributed by atoms with van der Waals surface area (Å²) in [5, 5.41) is 3.01. The Bertz CT molecular complexity index is 753. The summed E-state index contributed by atoms with van der Waals surface area (Å²) in [7, 11) is 0. The van der Waals surface area contributed by atoms with Crippen LogP contribution >= 0.6 is 0 Å². The zero-order chi connectivity index (χ0) is 15.1. The number of carbonyl (C=O) groups is 1. The Morgan fingerprint density at radius 2 is 2.00 bits per heavy atom. The number of hydrogen-bond donors (Lipinski definition) is 2. The summed E-state index contributed by atoms with van der Waals surface area (Å²) in [6, 6.07) is 6.08. The van der Waals surface area contributed by atoms with Crippen LogP contribution < -0.4 is 16.0 Å². The molecule has 0 atom stereocenters. The van der Waals surface area contributed by atoms with Gasteiger partial charge >= 0.3 is 11.8 Å². The fourth-order valence-corrected chi connectivity index (χ4v) is 2.85. The highest BCUT2D eigenvalue weighted by molar-refractivity contribution is 5.86. The summed E-state index contributed by atoms with van der Waals surface area (Å²) in [4.78, 5) is 30.1. The molecular weight excluding hydrogens is 284 g/mol. The minimum Gasteiger partial charge on any atom is -0.406 e. The fourth-order valence-electron chi connectivity index (χ4n) is 2.85. The highest BCUT2D eigenvalue weighted by Gasteiger charge is 2.28. The van der Waals surface area contributed by atoms with Gasteiger partial charge in [-0.3, -0.25) is 4.98 Å². The third-order valence-corrected chi connectivity index (χ3v) is 4.24. The number of hydrogen-bond acceptors (Lipinski definition) is 4. The molecule has 0 spiro atoms. The summed E-state index contributed by atoms with van der Waals surface area (Å²) >= 11 is 0. The molecular formula is C15H18N4O3. The molecule has 2 heterocycles. The van der Waals surface area contributed by atoms with Crippen LogP contribution in [0.5, 0.6) is 0 Å². The van der Waals surface area contributed by atoms with Crippen LogP contribution in [0.25, 0.3) is 11.1 Å². The van der Waals surface area contributed by atoms with E-state index in [2.05, 4.69) is 15.2 Å². The molecule has 2 amide bonds. The van der Waals surface area contributed by atoms with E-state index in [9.17, 15) is 9.59 Å². The van der Waals surface area contributed by atoms with E-state index in [1.54, 1.807) is 0 Å². The van der Waals surface area contributed by atoms with Gasteiger partial charge in [0.1, 0.15) is 0 Å². The molecule has 4 rings (SSSR count). The molecule has 1 saturated carbocycles. The van der Waals surface area contributed by atoms with Crippen molar-refractivity contribution in [2.45, 2.75) is 18.9 Å². The molecule has 0 radical (unpaired) electrons. The standard InChI is InChI=1S/C15H18N4O3/c20-14(16-10-4-5-10)19-8-6-18(7-9-19)12-3-1-2-11-13(12)22-15(21)17-11/h1-3,10H,4-9H2,(H,16,20)(H,17,21). The number of urea groups is 1. The van der Waals surface area contributed by atoms with Gasteiger partial charge in [-0.15, -0.1) is 0 Å². The second-order valence-electron chi connectivity index (χ2n) is 5.87. The first-order valence-electron chi connectivity index (χ1n) is 7.63. The van der Waals surface area contributed by atoms with Gasteiger partial charge in [0.25, 0.3) is 0 Å². The number of fused-ring (bicyclic) bond motifs is 1. The van der Waals surface area contributed by atoms with Crippen LogP contribution in [0.3, 0.4) is 0 Å². The number of amides is 2. The lowest BCUT2D eigenvalue weighted by Crippen LogP contribution is -2.52. The van der Waals surface area contributed by atoms with Gasteiger partial charge < -0.3 is 19.5 Å². The van der Waals surface area contributed by atoms with E-state index in [-0.39, 0.29) is 6.03 Å². The molecule has 22 heavy (non-hydrogen) atoms. The summed E-state index contributed by atoms with van der Waals surface area (Å²) in [5.74, 6) is -0.440. The normalized spacial score (nSPS) is 18.7. The van der Waals surface area contributed by atoms with Gasteiger partial charge in [0.2, 0.25) is 0 Å². The van der Waals surface area contributed by atoms with E-state index in [0.29, 0.717) is 30.2 Å². The fraction of sp³-hybridized carbons (Fsp3) is 0.467. The number of oxazole rings is 1. The van der Waals surface area contributed by atoms with Crippen LogP contribution in [0.4, 0.5) is 10.5 Å². The number of nitrogens with one attached hydrogen (secondary N) is 2. The second kappa shape index (κ2) is 5.08. The minimum absolute atomic E-state index is 0.0357. The maximum absolute atomic E-state index is 12.0. The van der Waals surface area contributed by atoms with Crippen molar-refractivity contribution in [3.63, 3.8) is 0 Å². The first-order chi connectivity index (χ1) is 10.7. The summed E-state index contributed by atoms with van der Waals surface area (Å²) in [6.07, 6.45) is 2.19. The van der Waals surface area contributed by atoms with Gasteiger partial charge in [-0.25, -0.2) is 9.59 Å². The maximum atomic E-state index is 12.0. The largest absolute Gasteiger partial charge is 0.417 e. The molecule has 2 fully saturated rings. The van der Waals surface area contributed by atoms with Crippen LogP contribution in [-0.4, -0.2) is 48.1 Å². The summed E-state index contributed by atoms with van der Waals surface area (Å²) < 4.78 is 5.24. The van der Waals surface area contributed by atoms with Gasteiger partial charge in [0.15, 0.2) is 5.58 Å². The first-order valence-corrected chi connectivity index (χ1v) is 7.63. The van der Waals surface area contributed by atoms with Crippen LogP contribution in [0.1, 0.15) is 12.8 Å². The predicted molar refractivity (Wildman–Crippen MR) is 82.2 cm³/mol. The van der Waals surface area contributed by atoms with Crippen LogP contribution in [-0.2, 0) is 0 Å². The number of aromatic nitrogens is 1. The number of piperazine rings is 1. The lowest BCUT2D eigenvalue weighted by molar-refractivity contribution is 0.194. The van der Waals surface area contributed by atoms with E-state index >= 15 is 0 Å². The second-order valence-corrected chi connectivity index (χ2v) is 5.87.